The minimum atomic E-state index is -0.322. The van der Waals surface area contributed by atoms with Crippen molar-refractivity contribution in [3.05, 3.63) is 106 Å². The van der Waals surface area contributed by atoms with Crippen LogP contribution in [-0.2, 0) is 6.42 Å². The van der Waals surface area contributed by atoms with E-state index in [1.54, 1.807) is 12.1 Å². The number of nitrogens with zero attached hydrogens (tertiary/aromatic N) is 2. The van der Waals surface area contributed by atoms with Crippen molar-refractivity contribution in [3.8, 4) is 17.0 Å². The molecule has 2 N–H and O–H groups in total. The molecule has 4 aromatic rings. The molecule has 3 aromatic carbocycles. The minimum absolute atomic E-state index is 0. The van der Waals surface area contributed by atoms with Crippen molar-refractivity contribution in [2.24, 2.45) is 0 Å². The first-order chi connectivity index (χ1) is 15.1. The average Bonchev–Trinajstić information content (AvgIpc) is 3.33. The van der Waals surface area contributed by atoms with E-state index in [1.807, 2.05) is 59.5 Å². The third kappa shape index (κ3) is 3.85. The number of fused-ring (bicyclic) bond motifs is 1. The minimum Gasteiger partial charge on any atom is -0.507 e. The second-order valence-corrected chi connectivity index (χ2v) is 8.00. The Labute approximate surface area is 197 Å². The molecule has 1 unspecified atom stereocenters. The van der Waals surface area contributed by atoms with Gasteiger partial charge in [0.05, 0.1) is 6.04 Å². The molecule has 5 rings (SSSR count). The van der Waals surface area contributed by atoms with Crippen LogP contribution in [0.15, 0.2) is 78.9 Å². The molecule has 162 valence electrons. The topological polar surface area (TPSA) is 69.2 Å². The predicted octanol–water partition coefficient (Wildman–Crippen LogP) is 5.65. The number of H-pyrrole nitrogens is 1. The molecule has 0 bridgehead atoms. The number of hydrogen-bond donors (Lipinski definition) is 2. The van der Waals surface area contributed by atoms with E-state index in [0.29, 0.717) is 28.5 Å². The zero-order valence-corrected chi connectivity index (χ0v) is 18.6. The number of para-hydroxylation sites is 1. The Morgan fingerprint density at radius 2 is 1.66 bits per heavy atom. The Morgan fingerprint density at radius 1 is 0.969 bits per heavy atom. The van der Waals surface area contributed by atoms with E-state index in [9.17, 15) is 9.90 Å². The lowest BCUT2D eigenvalue weighted by Crippen LogP contribution is -2.31. The fraction of sp³-hybridized carbons (Fsp3) is 0.120. The number of amides is 1. The normalized spacial score (nSPS) is 14.8. The molecule has 0 saturated carbocycles. The number of nitrogens with one attached hydrogen (secondary N) is 1. The number of aromatic amines is 1. The fourth-order valence-electron chi connectivity index (χ4n) is 4.19. The van der Waals surface area contributed by atoms with Crippen LogP contribution < -0.4 is 0 Å². The molecule has 5 nitrogen and oxygen atoms in total. The molecule has 1 atom stereocenters. The molecule has 1 amide bonds. The molecular weight excluding hydrogens is 445 g/mol. The number of aromatic hydroxyl groups is 1. The summed E-state index contributed by atoms with van der Waals surface area (Å²) in [5, 5.41) is 18.4. The quantitative estimate of drug-likeness (QED) is 0.400. The molecule has 2 heterocycles. The summed E-state index contributed by atoms with van der Waals surface area (Å²) in [6.07, 6.45) is 0.736. The Hall–Kier alpha value is -3.28. The molecule has 0 spiro atoms. The number of carbonyl (C=O) groups excluding carboxylic acids is 1. The van der Waals surface area contributed by atoms with Gasteiger partial charge in [0.2, 0.25) is 0 Å². The van der Waals surface area contributed by atoms with Crippen LogP contribution in [0.5, 0.6) is 5.75 Å². The molecule has 1 aliphatic heterocycles. The Bertz CT molecular complexity index is 1240. The standard InChI is InChI=1S/C25H20ClN3O2.ClH/c26-18-12-10-17(11-13-18)24-21-22(19-8-4-5-9-20(19)30)27-28-23(21)25(31)29(24)15-14-16-6-2-1-3-7-16;/h1-13,24,30H,14-15H2,(H,27,28);1H. The van der Waals surface area contributed by atoms with E-state index in [2.05, 4.69) is 22.3 Å². The van der Waals surface area contributed by atoms with Gasteiger partial charge in [0.25, 0.3) is 5.91 Å². The maximum absolute atomic E-state index is 13.4. The van der Waals surface area contributed by atoms with Gasteiger partial charge in [-0.1, -0.05) is 66.2 Å². The summed E-state index contributed by atoms with van der Waals surface area (Å²) in [5.74, 6) is 0.0295. The zero-order valence-electron chi connectivity index (χ0n) is 17.0. The van der Waals surface area contributed by atoms with Gasteiger partial charge in [-0.25, -0.2) is 0 Å². The van der Waals surface area contributed by atoms with Crippen molar-refractivity contribution in [2.45, 2.75) is 12.5 Å². The van der Waals surface area contributed by atoms with Crippen LogP contribution in [0, 0.1) is 0 Å². The van der Waals surface area contributed by atoms with E-state index in [4.69, 9.17) is 11.6 Å². The second-order valence-electron chi connectivity index (χ2n) is 7.57. The van der Waals surface area contributed by atoms with Crippen LogP contribution in [0.2, 0.25) is 5.02 Å². The summed E-state index contributed by atoms with van der Waals surface area (Å²) in [4.78, 5) is 15.2. The molecule has 0 fully saturated rings. The van der Waals surface area contributed by atoms with Crippen molar-refractivity contribution in [1.29, 1.82) is 0 Å². The van der Waals surface area contributed by atoms with Crippen LogP contribution in [0.3, 0.4) is 0 Å². The van der Waals surface area contributed by atoms with Gasteiger partial charge < -0.3 is 10.0 Å². The van der Waals surface area contributed by atoms with Crippen molar-refractivity contribution >= 4 is 29.9 Å². The Morgan fingerprint density at radius 3 is 2.38 bits per heavy atom. The summed E-state index contributed by atoms with van der Waals surface area (Å²) in [5.41, 5.74) is 4.54. The summed E-state index contributed by atoms with van der Waals surface area (Å²) in [6, 6.07) is 24.4. The maximum Gasteiger partial charge on any atom is 0.273 e. The third-order valence-corrected chi connectivity index (χ3v) is 5.94. The van der Waals surface area contributed by atoms with Gasteiger partial charge in [-0.05, 0) is 41.8 Å². The van der Waals surface area contributed by atoms with Crippen LogP contribution in [-0.4, -0.2) is 32.7 Å². The second kappa shape index (κ2) is 9.07. The van der Waals surface area contributed by atoms with Crippen molar-refractivity contribution in [2.75, 3.05) is 6.54 Å². The van der Waals surface area contributed by atoms with Crippen LogP contribution in [0.4, 0.5) is 0 Å². The molecule has 1 aromatic heterocycles. The average molecular weight is 466 g/mol. The van der Waals surface area contributed by atoms with E-state index < -0.39 is 0 Å². The van der Waals surface area contributed by atoms with E-state index >= 15 is 0 Å². The fourth-order valence-corrected chi connectivity index (χ4v) is 4.32. The highest BCUT2D eigenvalue weighted by atomic mass is 35.5. The molecule has 32 heavy (non-hydrogen) atoms. The maximum atomic E-state index is 13.4. The Kier molecular flexibility index (Phi) is 6.21. The first-order valence-electron chi connectivity index (χ1n) is 10.1. The number of phenols is 1. The van der Waals surface area contributed by atoms with Crippen LogP contribution in [0.1, 0.15) is 33.2 Å². The highest BCUT2D eigenvalue weighted by molar-refractivity contribution is 6.30. The Balaban J connectivity index is 0.00000245. The van der Waals surface area contributed by atoms with Gasteiger partial charge in [0, 0.05) is 22.7 Å². The largest absolute Gasteiger partial charge is 0.507 e. The smallest absolute Gasteiger partial charge is 0.273 e. The van der Waals surface area contributed by atoms with Crippen LogP contribution >= 0.6 is 24.0 Å². The van der Waals surface area contributed by atoms with Crippen molar-refractivity contribution < 1.29 is 9.90 Å². The molecule has 0 saturated heterocycles. The first-order valence-corrected chi connectivity index (χ1v) is 10.5. The first kappa shape index (κ1) is 21.9. The highest BCUT2D eigenvalue weighted by Crippen LogP contribution is 2.44. The van der Waals surface area contributed by atoms with Gasteiger partial charge in [0.1, 0.15) is 17.1 Å². The summed E-state index contributed by atoms with van der Waals surface area (Å²) >= 11 is 6.12. The molecule has 0 aliphatic carbocycles. The SMILES string of the molecule is Cl.O=C1c2[nH]nc(-c3ccccc3O)c2C(c2ccc(Cl)cc2)N1CCc1ccccc1. The van der Waals surface area contributed by atoms with Gasteiger partial charge in [-0.2, -0.15) is 5.10 Å². The summed E-state index contributed by atoms with van der Waals surface area (Å²) in [7, 11) is 0. The number of aromatic nitrogens is 2. The van der Waals surface area contributed by atoms with Crippen LogP contribution in [0.25, 0.3) is 11.3 Å². The monoisotopic (exact) mass is 465 g/mol. The number of carbonyl (C=O) groups is 1. The number of phenolic OH excluding ortho intramolecular Hbond substituents is 1. The van der Waals surface area contributed by atoms with Gasteiger partial charge in [0.15, 0.2) is 0 Å². The number of rotatable bonds is 5. The zero-order chi connectivity index (χ0) is 21.4. The highest BCUT2D eigenvalue weighted by Gasteiger charge is 2.42. The molecular formula is C25H21Cl2N3O2. The van der Waals surface area contributed by atoms with E-state index in [0.717, 1.165) is 17.5 Å². The third-order valence-electron chi connectivity index (χ3n) is 5.69. The number of hydrogen-bond acceptors (Lipinski definition) is 3. The van der Waals surface area contributed by atoms with Gasteiger partial charge in [-0.15, -0.1) is 12.4 Å². The lowest BCUT2D eigenvalue weighted by atomic mass is 9.95. The molecule has 1 aliphatic rings. The van der Waals surface area contributed by atoms with Gasteiger partial charge >= 0.3 is 0 Å². The van der Waals surface area contributed by atoms with Gasteiger partial charge in [-0.3, -0.25) is 9.89 Å². The number of halogens is 2. The van der Waals surface area contributed by atoms with E-state index in [1.165, 1.54) is 5.56 Å². The summed E-state index contributed by atoms with van der Waals surface area (Å²) in [6.45, 7) is 0.554. The number of benzene rings is 3. The summed E-state index contributed by atoms with van der Waals surface area (Å²) < 4.78 is 0. The molecule has 0 radical (unpaired) electrons. The lowest BCUT2D eigenvalue weighted by Gasteiger charge is -2.26. The lowest BCUT2D eigenvalue weighted by molar-refractivity contribution is 0.0746. The predicted molar refractivity (Wildman–Crippen MR) is 127 cm³/mol. The van der Waals surface area contributed by atoms with E-state index in [-0.39, 0.29) is 30.1 Å². The van der Waals surface area contributed by atoms with Crippen molar-refractivity contribution in [3.63, 3.8) is 0 Å². The molecule has 7 heteroatoms. The van der Waals surface area contributed by atoms with Crippen molar-refractivity contribution in [1.82, 2.24) is 15.1 Å².